The number of aliphatic hydroxyl groups is 1. The van der Waals surface area contributed by atoms with Gasteiger partial charge < -0.3 is 29.6 Å². The van der Waals surface area contributed by atoms with Crippen molar-refractivity contribution in [1.29, 1.82) is 0 Å². The van der Waals surface area contributed by atoms with Gasteiger partial charge in [0.15, 0.2) is 11.5 Å². The van der Waals surface area contributed by atoms with Gasteiger partial charge in [-0.25, -0.2) is 0 Å². The highest BCUT2D eigenvalue weighted by Gasteiger charge is 2.09. The van der Waals surface area contributed by atoms with E-state index in [1.54, 1.807) is 14.2 Å². The van der Waals surface area contributed by atoms with Crippen LogP contribution in [-0.4, -0.2) is 50.1 Å². The van der Waals surface area contributed by atoms with Crippen molar-refractivity contribution in [2.75, 3.05) is 33.9 Å². The zero-order chi connectivity index (χ0) is 19.9. The minimum atomic E-state index is -0.583. The lowest BCUT2D eigenvalue weighted by Gasteiger charge is -2.15. The number of nitrogens with one attached hydrogen (secondary N) is 2. The Morgan fingerprint density at radius 2 is 1.86 bits per heavy atom. The number of benzene rings is 2. The molecule has 0 spiro atoms. The standard InChI is InChI=1S/C22H28N2O4/c1-15-10-19-18(7-9-24-19)21(11-15)28-14-17(25)13-23-8-6-16-4-5-20(26-2)22(12-16)27-3/h4-5,7,9-12,17,23-25H,6,8,13-14H2,1-3H3. The molecule has 3 aromatic rings. The monoisotopic (exact) mass is 384 g/mol. The van der Waals surface area contributed by atoms with Crippen molar-refractivity contribution in [1.82, 2.24) is 10.3 Å². The molecule has 150 valence electrons. The molecule has 0 saturated carbocycles. The van der Waals surface area contributed by atoms with Gasteiger partial charge in [0.25, 0.3) is 0 Å². The average Bonchev–Trinajstić information content (AvgIpc) is 3.17. The number of hydrogen-bond acceptors (Lipinski definition) is 5. The minimum absolute atomic E-state index is 0.243. The van der Waals surface area contributed by atoms with Gasteiger partial charge in [0.1, 0.15) is 18.5 Å². The van der Waals surface area contributed by atoms with Crippen LogP contribution in [0.25, 0.3) is 10.9 Å². The third kappa shape index (κ3) is 4.97. The zero-order valence-corrected chi connectivity index (χ0v) is 16.6. The molecule has 0 aliphatic heterocycles. The topological polar surface area (TPSA) is 75.7 Å². The molecule has 1 aromatic heterocycles. The van der Waals surface area contributed by atoms with Crippen LogP contribution >= 0.6 is 0 Å². The Hall–Kier alpha value is -2.70. The predicted molar refractivity (Wildman–Crippen MR) is 111 cm³/mol. The van der Waals surface area contributed by atoms with E-state index in [-0.39, 0.29) is 6.61 Å². The van der Waals surface area contributed by atoms with Gasteiger partial charge in [0, 0.05) is 23.6 Å². The van der Waals surface area contributed by atoms with Crippen molar-refractivity contribution in [2.45, 2.75) is 19.4 Å². The van der Waals surface area contributed by atoms with Gasteiger partial charge in [-0.1, -0.05) is 6.07 Å². The third-order valence-electron chi connectivity index (χ3n) is 4.62. The Balaban J connectivity index is 1.43. The van der Waals surface area contributed by atoms with Crippen LogP contribution in [0.15, 0.2) is 42.6 Å². The molecule has 0 saturated heterocycles. The maximum atomic E-state index is 10.2. The zero-order valence-electron chi connectivity index (χ0n) is 16.6. The molecule has 0 amide bonds. The van der Waals surface area contributed by atoms with Crippen LogP contribution in [0, 0.1) is 6.92 Å². The normalized spacial score (nSPS) is 12.1. The molecule has 1 unspecified atom stereocenters. The number of H-pyrrole nitrogens is 1. The Morgan fingerprint density at radius 1 is 1.04 bits per heavy atom. The van der Waals surface area contributed by atoms with Crippen LogP contribution in [0.5, 0.6) is 17.2 Å². The van der Waals surface area contributed by atoms with Gasteiger partial charge in [-0.2, -0.15) is 0 Å². The van der Waals surface area contributed by atoms with E-state index in [9.17, 15) is 5.11 Å². The van der Waals surface area contributed by atoms with Crippen LogP contribution in [-0.2, 0) is 6.42 Å². The number of methoxy groups -OCH3 is 2. The lowest BCUT2D eigenvalue weighted by molar-refractivity contribution is 0.107. The highest BCUT2D eigenvalue weighted by atomic mass is 16.5. The SMILES string of the molecule is COc1ccc(CCNCC(O)COc2cc(C)cc3[nH]ccc23)cc1OC. The molecule has 3 N–H and O–H groups in total. The summed E-state index contributed by atoms with van der Waals surface area (Å²) in [6, 6.07) is 11.9. The largest absolute Gasteiger partial charge is 0.493 e. The molecular formula is C22H28N2O4. The lowest BCUT2D eigenvalue weighted by atomic mass is 10.1. The summed E-state index contributed by atoms with van der Waals surface area (Å²) < 4.78 is 16.4. The Kier molecular flexibility index (Phi) is 6.79. The smallest absolute Gasteiger partial charge is 0.160 e. The van der Waals surface area contributed by atoms with Crippen LogP contribution in [0.3, 0.4) is 0 Å². The second kappa shape index (κ2) is 9.48. The van der Waals surface area contributed by atoms with E-state index >= 15 is 0 Å². The molecule has 28 heavy (non-hydrogen) atoms. The van der Waals surface area contributed by atoms with E-state index in [1.165, 1.54) is 0 Å². The molecule has 0 fully saturated rings. The molecule has 3 rings (SSSR count). The van der Waals surface area contributed by atoms with Crippen molar-refractivity contribution in [3.05, 3.63) is 53.7 Å². The van der Waals surface area contributed by atoms with E-state index in [2.05, 4.69) is 16.4 Å². The molecule has 6 nitrogen and oxygen atoms in total. The summed E-state index contributed by atoms with van der Waals surface area (Å²) in [5.41, 5.74) is 3.30. The summed E-state index contributed by atoms with van der Waals surface area (Å²) in [4.78, 5) is 3.19. The van der Waals surface area contributed by atoms with Gasteiger partial charge in [-0.3, -0.25) is 0 Å². The summed E-state index contributed by atoms with van der Waals surface area (Å²) >= 11 is 0. The first-order valence-corrected chi connectivity index (χ1v) is 9.41. The molecule has 0 radical (unpaired) electrons. The molecule has 6 heteroatoms. The number of aromatic nitrogens is 1. The van der Waals surface area contributed by atoms with Crippen molar-refractivity contribution in [3.63, 3.8) is 0 Å². The van der Waals surface area contributed by atoms with E-state index in [1.807, 2.05) is 43.5 Å². The molecule has 1 atom stereocenters. The fraction of sp³-hybridized carbons (Fsp3) is 0.364. The average molecular weight is 384 g/mol. The Labute approximate surface area is 165 Å². The summed E-state index contributed by atoms with van der Waals surface area (Å²) in [7, 11) is 3.26. The number of hydrogen-bond donors (Lipinski definition) is 3. The predicted octanol–water partition coefficient (Wildman–Crippen LogP) is 3.07. The van der Waals surface area contributed by atoms with Gasteiger partial charge >= 0.3 is 0 Å². The summed E-state index contributed by atoms with van der Waals surface area (Å²) in [6.45, 7) is 3.49. The maximum absolute atomic E-state index is 10.2. The summed E-state index contributed by atoms with van der Waals surface area (Å²) in [5.74, 6) is 2.24. The van der Waals surface area contributed by atoms with Crippen molar-refractivity contribution in [3.8, 4) is 17.2 Å². The number of ether oxygens (including phenoxy) is 3. The van der Waals surface area contributed by atoms with Crippen LogP contribution in [0.4, 0.5) is 0 Å². The van der Waals surface area contributed by atoms with Gasteiger partial charge in [0.05, 0.1) is 14.2 Å². The van der Waals surface area contributed by atoms with Crippen molar-refractivity contribution >= 4 is 10.9 Å². The third-order valence-corrected chi connectivity index (χ3v) is 4.62. The molecule has 0 aliphatic rings. The molecule has 1 heterocycles. The second-order valence-corrected chi connectivity index (χ2v) is 6.81. The number of aryl methyl sites for hydroxylation is 1. The maximum Gasteiger partial charge on any atom is 0.160 e. The highest BCUT2D eigenvalue weighted by molar-refractivity contribution is 5.86. The first kappa shape index (κ1) is 20.0. The van der Waals surface area contributed by atoms with E-state index < -0.39 is 6.10 Å². The molecule has 0 aliphatic carbocycles. The summed E-state index contributed by atoms with van der Waals surface area (Å²) in [5, 5.41) is 14.5. The number of rotatable bonds is 10. The Bertz CT molecular complexity index is 907. The fourth-order valence-corrected chi connectivity index (χ4v) is 3.17. The van der Waals surface area contributed by atoms with E-state index in [4.69, 9.17) is 14.2 Å². The highest BCUT2D eigenvalue weighted by Crippen LogP contribution is 2.28. The Morgan fingerprint density at radius 3 is 2.64 bits per heavy atom. The number of aromatic amines is 1. The van der Waals surface area contributed by atoms with Crippen LogP contribution in [0.2, 0.25) is 0 Å². The number of aliphatic hydroxyl groups excluding tert-OH is 1. The van der Waals surface area contributed by atoms with E-state index in [0.29, 0.717) is 6.54 Å². The van der Waals surface area contributed by atoms with E-state index in [0.717, 1.165) is 52.2 Å². The lowest BCUT2D eigenvalue weighted by Crippen LogP contribution is -2.32. The molecule has 0 bridgehead atoms. The second-order valence-electron chi connectivity index (χ2n) is 6.81. The quantitative estimate of drug-likeness (QED) is 0.469. The molecular weight excluding hydrogens is 356 g/mol. The minimum Gasteiger partial charge on any atom is -0.493 e. The fourth-order valence-electron chi connectivity index (χ4n) is 3.17. The molecule has 2 aromatic carbocycles. The van der Waals surface area contributed by atoms with Crippen molar-refractivity contribution in [2.24, 2.45) is 0 Å². The van der Waals surface area contributed by atoms with Crippen LogP contribution in [0.1, 0.15) is 11.1 Å². The van der Waals surface area contributed by atoms with Gasteiger partial charge in [-0.05, 0) is 61.3 Å². The van der Waals surface area contributed by atoms with Gasteiger partial charge in [0.2, 0.25) is 0 Å². The number of fused-ring (bicyclic) bond motifs is 1. The van der Waals surface area contributed by atoms with Crippen molar-refractivity contribution < 1.29 is 19.3 Å². The van der Waals surface area contributed by atoms with Gasteiger partial charge in [-0.15, -0.1) is 0 Å². The van der Waals surface area contributed by atoms with Crippen LogP contribution < -0.4 is 19.5 Å². The summed E-state index contributed by atoms with van der Waals surface area (Å²) in [6.07, 6.45) is 2.14. The first-order valence-electron chi connectivity index (χ1n) is 9.41. The first-order chi connectivity index (χ1) is 13.6.